The summed E-state index contributed by atoms with van der Waals surface area (Å²) < 4.78 is 29.8. The Morgan fingerprint density at radius 2 is 1.75 bits per heavy atom. The number of methoxy groups -OCH3 is 1. The number of halogens is 1. The van der Waals surface area contributed by atoms with Crippen molar-refractivity contribution in [3.8, 4) is 45.6 Å². The van der Waals surface area contributed by atoms with E-state index in [0.29, 0.717) is 85.3 Å². The van der Waals surface area contributed by atoms with Gasteiger partial charge in [0, 0.05) is 81.6 Å². The molecule has 3 aromatic heterocycles. The van der Waals surface area contributed by atoms with Gasteiger partial charge in [-0.25, -0.2) is 14.8 Å². The highest BCUT2D eigenvalue weighted by molar-refractivity contribution is 7.13. The van der Waals surface area contributed by atoms with Crippen LogP contribution in [-0.4, -0.2) is 113 Å². The van der Waals surface area contributed by atoms with E-state index >= 15 is 0 Å². The Bertz CT molecular complexity index is 2630. The molecule has 3 aromatic carbocycles. The number of nitrogens with zero attached hydrogens (tertiary/aromatic N) is 7. The number of rotatable bonds is 19. The molecule has 0 saturated carbocycles. The number of aromatic nitrogens is 4. The number of fused-ring (bicyclic) bond motifs is 1. The Morgan fingerprint density at radius 3 is 2.50 bits per heavy atom. The average molecular weight is 906 g/mol. The highest BCUT2D eigenvalue weighted by atomic mass is 35.5. The molecule has 1 fully saturated rings. The van der Waals surface area contributed by atoms with Crippen LogP contribution in [0.3, 0.4) is 0 Å². The Morgan fingerprint density at radius 1 is 0.984 bits per heavy atom. The topological polar surface area (TPSA) is 171 Å². The van der Waals surface area contributed by atoms with Crippen LogP contribution in [0.4, 0.5) is 0 Å². The first kappa shape index (κ1) is 45.9. The molecule has 16 heteroatoms. The quantitative estimate of drug-likeness (QED) is 0.0749. The molecule has 334 valence electrons. The molecule has 4 heterocycles. The number of para-hydroxylation sites is 2. The molecule has 6 aromatic rings. The van der Waals surface area contributed by atoms with Crippen molar-refractivity contribution in [2.75, 3.05) is 60.0 Å². The first-order chi connectivity index (χ1) is 31.0. The maximum atomic E-state index is 13.1. The molecular weight excluding hydrogens is 852 g/mol. The monoisotopic (exact) mass is 904 g/mol. The van der Waals surface area contributed by atoms with Crippen LogP contribution in [0.2, 0.25) is 5.02 Å². The minimum atomic E-state index is -1.35. The zero-order valence-electron chi connectivity index (χ0n) is 36.7. The standard InChI is InChI=1S/C48H53ClN8O6S/c1-30(2)26-51-27-33(25-50)45-42(35-14-15-39(44(49)31(35)3)61-23-22-57-20-18-56(4)19-21-57)43-41(28-53-45)64-55-47(43)63-40(48(58)59)24-32-10-6-8-12-37(32)62-29-34-16-17-52-46(54-34)36-11-7-9-13-38(36)60-5/h6-17,25,27-28,30,40H,18-24,26,29,50H2,1-5H3,(H,58,59)/t40-/m1/s1. The van der Waals surface area contributed by atoms with Gasteiger partial charge in [0.15, 0.2) is 5.82 Å². The van der Waals surface area contributed by atoms with Crippen LogP contribution >= 0.6 is 23.1 Å². The van der Waals surface area contributed by atoms with Gasteiger partial charge in [-0.05, 0) is 78.4 Å². The van der Waals surface area contributed by atoms with E-state index in [1.165, 1.54) is 6.20 Å². The molecule has 3 N–H and O–H groups in total. The highest BCUT2D eigenvalue weighted by Gasteiger charge is 2.28. The summed E-state index contributed by atoms with van der Waals surface area (Å²) in [5, 5.41) is 11.7. The number of ether oxygens (including phenoxy) is 4. The third kappa shape index (κ3) is 11.0. The number of likely N-dealkylation sites (N-methyl/N-ethyl adjacent to an activating group) is 1. The number of allylic oxidation sites excluding steroid dienone is 1. The molecular formula is C48H53ClN8O6S. The molecule has 7 rings (SSSR count). The summed E-state index contributed by atoms with van der Waals surface area (Å²) >= 11 is 8.26. The van der Waals surface area contributed by atoms with Crippen LogP contribution in [-0.2, 0) is 17.8 Å². The number of aliphatic carboxylic acids is 1. The summed E-state index contributed by atoms with van der Waals surface area (Å²) in [6, 6.07) is 20.3. The molecule has 0 aliphatic carbocycles. The van der Waals surface area contributed by atoms with Crippen molar-refractivity contribution in [2.45, 2.75) is 39.9 Å². The molecule has 1 atom stereocenters. The van der Waals surface area contributed by atoms with E-state index in [1.807, 2.05) is 61.5 Å². The smallest absolute Gasteiger partial charge is 0.345 e. The number of aliphatic imine (C=N–C) groups is 1. The second-order valence-corrected chi connectivity index (χ2v) is 17.1. The predicted octanol–water partition coefficient (Wildman–Crippen LogP) is 8.09. The summed E-state index contributed by atoms with van der Waals surface area (Å²) in [4.78, 5) is 36.4. The second-order valence-electron chi connectivity index (χ2n) is 15.9. The van der Waals surface area contributed by atoms with E-state index in [4.69, 9.17) is 46.3 Å². The van der Waals surface area contributed by atoms with Gasteiger partial charge in [-0.15, -0.1) is 0 Å². The summed E-state index contributed by atoms with van der Waals surface area (Å²) in [5.74, 6) is 1.48. The number of hydrogen-bond acceptors (Lipinski definition) is 14. The van der Waals surface area contributed by atoms with Crippen LogP contribution in [0, 0.1) is 12.8 Å². The fourth-order valence-electron chi connectivity index (χ4n) is 7.33. The van der Waals surface area contributed by atoms with Gasteiger partial charge >= 0.3 is 5.97 Å². The fraction of sp³-hybridized carbons (Fsp3) is 0.333. The summed E-state index contributed by atoms with van der Waals surface area (Å²) in [6.07, 6.45) is 5.15. The molecule has 1 aliphatic rings. The molecule has 14 nitrogen and oxygen atoms in total. The molecule has 1 saturated heterocycles. The zero-order chi connectivity index (χ0) is 45.2. The number of piperazine rings is 1. The van der Waals surface area contributed by atoms with E-state index in [9.17, 15) is 9.90 Å². The molecule has 64 heavy (non-hydrogen) atoms. The lowest BCUT2D eigenvalue weighted by molar-refractivity contribution is -0.145. The Kier molecular flexibility index (Phi) is 15.4. The van der Waals surface area contributed by atoms with Crippen LogP contribution in [0.15, 0.2) is 90.3 Å². The van der Waals surface area contributed by atoms with E-state index < -0.39 is 12.1 Å². The molecule has 0 unspecified atom stereocenters. The van der Waals surface area contributed by atoms with Crippen molar-refractivity contribution >= 4 is 51.0 Å². The van der Waals surface area contributed by atoms with E-state index in [-0.39, 0.29) is 18.9 Å². The van der Waals surface area contributed by atoms with Crippen molar-refractivity contribution < 1.29 is 28.8 Å². The molecule has 1 aliphatic heterocycles. The first-order valence-electron chi connectivity index (χ1n) is 21.1. The van der Waals surface area contributed by atoms with Gasteiger partial charge in [0.2, 0.25) is 12.0 Å². The molecule has 0 bridgehead atoms. The Labute approximate surface area is 382 Å². The average Bonchev–Trinajstić information content (AvgIpc) is 3.71. The lowest BCUT2D eigenvalue weighted by Gasteiger charge is -2.32. The van der Waals surface area contributed by atoms with Crippen LogP contribution in [0.5, 0.6) is 23.1 Å². The lowest BCUT2D eigenvalue weighted by atomic mass is 9.93. The minimum absolute atomic E-state index is 0.0329. The number of pyridine rings is 1. The SMILES string of the molecule is COc1ccccc1-c1nccc(COc2ccccc2C[C@@H](Oc2nsc3cnc(C(C=NCC(C)C)=CN)c(-c4ccc(OCCN5CCN(C)CC5)c(Cl)c4C)c23)C(=O)O)n1. The van der Waals surface area contributed by atoms with Crippen LogP contribution in [0.1, 0.15) is 36.4 Å². The Balaban J connectivity index is 1.19. The predicted molar refractivity (Wildman–Crippen MR) is 253 cm³/mol. The number of nitrogens with two attached hydrogens (primary N) is 1. The van der Waals surface area contributed by atoms with Gasteiger partial charge in [-0.1, -0.05) is 61.8 Å². The van der Waals surface area contributed by atoms with Gasteiger partial charge in [0.1, 0.15) is 30.5 Å². The number of benzene rings is 3. The third-order valence-electron chi connectivity index (χ3n) is 10.9. The van der Waals surface area contributed by atoms with Crippen molar-refractivity contribution in [1.29, 1.82) is 0 Å². The first-order valence-corrected chi connectivity index (χ1v) is 22.3. The highest BCUT2D eigenvalue weighted by Crippen LogP contribution is 2.45. The molecule has 0 spiro atoms. The summed E-state index contributed by atoms with van der Waals surface area (Å²) in [7, 11) is 3.74. The number of carboxylic acid groups (broad SMARTS) is 1. The van der Waals surface area contributed by atoms with Gasteiger partial charge < -0.3 is 34.7 Å². The third-order valence-corrected chi connectivity index (χ3v) is 12.1. The van der Waals surface area contributed by atoms with Crippen molar-refractivity contribution in [3.63, 3.8) is 0 Å². The summed E-state index contributed by atoms with van der Waals surface area (Å²) in [5.41, 5.74) is 11.5. The number of carbonyl (C=O) groups is 1. The normalized spacial score (nSPS) is 14.3. The van der Waals surface area contributed by atoms with Crippen LogP contribution in [0.25, 0.3) is 38.2 Å². The van der Waals surface area contributed by atoms with Gasteiger partial charge in [-0.2, -0.15) is 4.37 Å². The van der Waals surface area contributed by atoms with Gasteiger partial charge in [0.25, 0.3) is 0 Å². The van der Waals surface area contributed by atoms with E-state index in [0.717, 1.165) is 60.9 Å². The molecule has 0 amide bonds. The second kappa shape index (κ2) is 21.5. The number of carboxylic acids is 1. The Hall–Kier alpha value is -6.13. The zero-order valence-corrected chi connectivity index (χ0v) is 38.2. The minimum Gasteiger partial charge on any atom is -0.496 e. The lowest BCUT2D eigenvalue weighted by Crippen LogP contribution is -2.45. The summed E-state index contributed by atoms with van der Waals surface area (Å²) in [6.45, 7) is 12.1. The number of hydrogen-bond donors (Lipinski definition) is 2. The maximum Gasteiger partial charge on any atom is 0.345 e. The van der Waals surface area contributed by atoms with E-state index in [1.54, 1.807) is 37.9 Å². The van der Waals surface area contributed by atoms with Crippen molar-refractivity contribution in [1.82, 2.24) is 29.1 Å². The van der Waals surface area contributed by atoms with Gasteiger partial charge in [0.05, 0.1) is 39.2 Å². The van der Waals surface area contributed by atoms with E-state index in [2.05, 4.69) is 45.0 Å². The van der Waals surface area contributed by atoms with Crippen molar-refractivity contribution in [3.05, 3.63) is 113 Å². The van der Waals surface area contributed by atoms with Crippen LogP contribution < -0.4 is 24.7 Å². The van der Waals surface area contributed by atoms with Gasteiger partial charge in [-0.3, -0.25) is 14.9 Å². The molecule has 0 radical (unpaired) electrons. The maximum absolute atomic E-state index is 13.1. The largest absolute Gasteiger partial charge is 0.496 e. The fourth-order valence-corrected chi connectivity index (χ4v) is 8.25. The van der Waals surface area contributed by atoms with Crippen molar-refractivity contribution in [2.24, 2.45) is 16.6 Å².